The van der Waals surface area contributed by atoms with Crippen LogP contribution in [-0.4, -0.2) is 15.0 Å². The molecule has 5 rings (SSSR count). The largest absolute Gasteiger partial charge is 0.432 e. The van der Waals surface area contributed by atoms with E-state index >= 15 is 0 Å². The van der Waals surface area contributed by atoms with Crippen LogP contribution in [0.15, 0.2) is 58.2 Å². The number of H-pyrrole nitrogens is 1. The van der Waals surface area contributed by atoms with Gasteiger partial charge in [0.2, 0.25) is 0 Å². The Morgan fingerprint density at radius 3 is 2.93 bits per heavy atom. The normalized spacial score (nSPS) is 14.8. The molecule has 3 heterocycles. The molecule has 1 aromatic carbocycles. The van der Waals surface area contributed by atoms with Crippen molar-refractivity contribution in [3.8, 4) is 11.3 Å². The maximum absolute atomic E-state index is 12.7. The number of oxazole rings is 1. The van der Waals surface area contributed by atoms with Crippen molar-refractivity contribution in [2.45, 2.75) is 31.7 Å². The number of hydrogen-bond donors (Lipinski definition) is 2. The summed E-state index contributed by atoms with van der Waals surface area (Å²) in [6.45, 7) is 1.89. The lowest BCUT2D eigenvalue weighted by Gasteiger charge is -2.13. The lowest BCUT2D eigenvalue weighted by molar-refractivity contribution is 0.563. The topological polar surface area (TPSA) is 83.8 Å². The molecule has 0 spiro atoms. The number of nitrogens with one attached hydrogen (secondary N) is 2. The minimum Gasteiger partial charge on any atom is -0.432 e. The molecule has 1 saturated carbocycles. The average molecular weight is 407 g/mol. The molecule has 1 aliphatic rings. The van der Waals surface area contributed by atoms with Crippen LogP contribution in [0.25, 0.3) is 22.2 Å². The molecule has 146 valence electrons. The predicted octanol–water partition coefficient (Wildman–Crippen LogP) is 5.28. The Hall–Kier alpha value is -3.12. The Kier molecular flexibility index (Phi) is 4.36. The molecule has 0 saturated heterocycles. The van der Waals surface area contributed by atoms with E-state index in [2.05, 4.69) is 20.3 Å². The molecule has 6 nitrogen and oxygen atoms in total. The monoisotopic (exact) mass is 406 g/mol. The van der Waals surface area contributed by atoms with Crippen molar-refractivity contribution in [1.29, 1.82) is 0 Å². The van der Waals surface area contributed by atoms with Gasteiger partial charge in [0.1, 0.15) is 12.0 Å². The van der Waals surface area contributed by atoms with Crippen LogP contribution in [0.5, 0.6) is 0 Å². The Bertz CT molecular complexity index is 1240. The van der Waals surface area contributed by atoms with E-state index in [1.165, 1.54) is 0 Å². The summed E-state index contributed by atoms with van der Waals surface area (Å²) in [7, 11) is 0. The Morgan fingerprint density at radius 2 is 2.17 bits per heavy atom. The molecule has 29 heavy (non-hydrogen) atoms. The van der Waals surface area contributed by atoms with Gasteiger partial charge in [0.15, 0.2) is 0 Å². The van der Waals surface area contributed by atoms with E-state index in [1.807, 2.05) is 37.3 Å². The van der Waals surface area contributed by atoms with Crippen LogP contribution in [0, 0.1) is 0 Å². The SMILES string of the molecule is C[C@H](Nc1nc(-c2cccnc2)co1)c1cc2cc(Cl)c(C3CC3)cc2[nH]c1=O. The fourth-order valence-corrected chi connectivity index (χ4v) is 3.87. The number of halogens is 1. The molecule has 1 atom stereocenters. The summed E-state index contributed by atoms with van der Waals surface area (Å²) in [4.78, 5) is 24.2. The summed E-state index contributed by atoms with van der Waals surface area (Å²) in [5.74, 6) is 0.523. The van der Waals surface area contributed by atoms with E-state index in [9.17, 15) is 4.79 Å². The number of benzene rings is 1. The van der Waals surface area contributed by atoms with Crippen LogP contribution >= 0.6 is 11.6 Å². The van der Waals surface area contributed by atoms with Crippen molar-refractivity contribution in [2.24, 2.45) is 0 Å². The second-order valence-electron chi connectivity index (χ2n) is 7.43. The highest BCUT2D eigenvalue weighted by molar-refractivity contribution is 6.32. The minimum absolute atomic E-state index is 0.138. The summed E-state index contributed by atoms with van der Waals surface area (Å²) in [5.41, 5.74) is 3.93. The third-order valence-electron chi connectivity index (χ3n) is 5.28. The van der Waals surface area contributed by atoms with Gasteiger partial charge in [-0.05, 0) is 61.6 Å². The van der Waals surface area contributed by atoms with Crippen molar-refractivity contribution in [1.82, 2.24) is 15.0 Å². The zero-order valence-electron chi connectivity index (χ0n) is 15.8. The van der Waals surface area contributed by atoms with E-state index in [-0.39, 0.29) is 11.6 Å². The second kappa shape index (κ2) is 7.04. The number of rotatable bonds is 5. The van der Waals surface area contributed by atoms with E-state index in [0.29, 0.717) is 23.2 Å². The lowest BCUT2D eigenvalue weighted by atomic mass is 10.0. The minimum atomic E-state index is -0.301. The number of nitrogens with zero attached hydrogens (tertiary/aromatic N) is 2. The molecule has 1 aliphatic carbocycles. The maximum atomic E-state index is 12.7. The highest BCUT2D eigenvalue weighted by Crippen LogP contribution is 2.44. The Labute approximate surface area is 172 Å². The third kappa shape index (κ3) is 3.51. The quantitative estimate of drug-likeness (QED) is 0.471. The summed E-state index contributed by atoms with van der Waals surface area (Å²) in [6.07, 6.45) is 7.31. The van der Waals surface area contributed by atoms with Gasteiger partial charge >= 0.3 is 0 Å². The first-order valence-corrected chi connectivity index (χ1v) is 9.95. The van der Waals surface area contributed by atoms with Crippen molar-refractivity contribution < 1.29 is 4.42 Å². The maximum Gasteiger partial charge on any atom is 0.295 e. The molecule has 7 heteroatoms. The van der Waals surface area contributed by atoms with Gasteiger partial charge in [-0.25, -0.2) is 0 Å². The van der Waals surface area contributed by atoms with Crippen LogP contribution in [-0.2, 0) is 0 Å². The number of anilines is 1. The molecule has 1 fully saturated rings. The average Bonchev–Trinajstić information content (AvgIpc) is 3.46. The smallest absolute Gasteiger partial charge is 0.295 e. The lowest BCUT2D eigenvalue weighted by Crippen LogP contribution is -2.19. The third-order valence-corrected chi connectivity index (χ3v) is 5.60. The molecule has 0 amide bonds. The molecule has 0 aliphatic heterocycles. The zero-order chi connectivity index (χ0) is 20.0. The highest BCUT2D eigenvalue weighted by atomic mass is 35.5. The van der Waals surface area contributed by atoms with Crippen LogP contribution in [0.4, 0.5) is 6.01 Å². The number of aromatic nitrogens is 3. The zero-order valence-corrected chi connectivity index (χ0v) is 16.5. The van der Waals surface area contributed by atoms with E-state index < -0.39 is 0 Å². The van der Waals surface area contributed by atoms with Gasteiger partial charge in [-0.15, -0.1) is 0 Å². The molecular weight excluding hydrogens is 388 g/mol. The Morgan fingerprint density at radius 1 is 1.31 bits per heavy atom. The standard InChI is InChI=1S/C22H19ClN4O2/c1-12(25-22-27-20(11-29-22)14-3-2-6-24-10-14)16-7-15-8-18(23)17(13-4-5-13)9-19(15)26-21(16)28/h2-3,6-13H,4-5H2,1H3,(H,25,27)(H,26,28)/t12-/m0/s1. The summed E-state index contributed by atoms with van der Waals surface area (Å²) >= 11 is 6.46. The second-order valence-corrected chi connectivity index (χ2v) is 7.84. The van der Waals surface area contributed by atoms with Crippen molar-refractivity contribution in [3.63, 3.8) is 0 Å². The predicted molar refractivity (Wildman–Crippen MR) is 113 cm³/mol. The molecule has 0 unspecified atom stereocenters. The van der Waals surface area contributed by atoms with Gasteiger partial charge in [-0.1, -0.05) is 11.6 Å². The fraction of sp³-hybridized carbons (Fsp3) is 0.227. The fourth-order valence-electron chi connectivity index (χ4n) is 3.54. The van der Waals surface area contributed by atoms with E-state index in [0.717, 1.165) is 39.9 Å². The number of hydrogen-bond acceptors (Lipinski definition) is 5. The van der Waals surface area contributed by atoms with Crippen LogP contribution < -0.4 is 10.9 Å². The molecule has 0 radical (unpaired) electrons. The highest BCUT2D eigenvalue weighted by Gasteiger charge is 2.26. The summed E-state index contributed by atoms with van der Waals surface area (Å²) < 4.78 is 5.52. The molecule has 2 N–H and O–H groups in total. The first-order chi connectivity index (χ1) is 14.1. The number of aromatic amines is 1. The first kappa shape index (κ1) is 17.9. The van der Waals surface area contributed by atoms with Crippen LogP contribution in [0.1, 0.15) is 42.9 Å². The molecular formula is C22H19ClN4O2. The van der Waals surface area contributed by atoms with E-state index in [1.54, 1.807) is 18.7 Å². The van der Waals surface area contributed by atoms with Crippen LogP contribution in [0.3, 0.4) is 0 Å². The van der Waals surface area contributed by atoms with Gasteiger partial charge in [-0.2, -0.15) is 4.98 Å². The molecule has 3 aromatic heterocycles. The Balaban J connectivity index is 1.43. The van der Waals surface area contributed by atoms with Crippen molar-refractivity contribution in [3.05, 3.63) is 75.5 Å². The van der Waals surface area contributed by atoms with Crippen molar-refractivity contribution in [2.75, 3.05) is 5.32 Å². The molecule has 4 aromatic rings. The summed E-state index contributed by atoms with van der Waals surface area (Å²) in [5, 5.41) is 4.82. The van der Waals surface area contributed by atoms with E-state index in [4.69, 9.17) is 16.0 Å². The van der Waals surface area contributed by atoms with Gasteiger partial charge < -0.3 is 14.7 Å². The molecule has 0 bridgehead atoms. The van der Waals surface area contributed by atoms with Crippen LogP contribution in [0.2, 0.25) is 5.02 Å². The first-order valence-electron chi connectivity index (χ1n) is 9.57. The van der Waals surface area contributed by atoms with Gasteiger partial charge in [0.05, 0.1) is 6.04 Å². The van der Waals surface area contributed by atoms with Gasteiger partial charge in [-0.3, -0.25) is 9.78 Å². The van der Waals surface area contributed by atoms with Gasteiger partial charge in [0, 0.05) is 39.4 Å². The number of fused-ring (bicyclic) bond motifs is 1. The summed E-state index contributed by atoms with van der Waals surface area (Å²) in [6, 6.07) is 9.61. The number of pyridine rings is 2. The van der Waals surface area contributed by atoms with Crippen molar-refractivity contribution >= 4 is 28.5 Å². The van der Waals surface area contributed by atoms with Gasteiger partial charge in [0.25, 0.3) is 11.6 Å².